The van der Waals surface area contributed by atoms with Crippen molar-refractivity contribution in [2.45, 2.75) is 46.0 Å². The summed E-state index contributed by atoms with van der Waals surface area (Å²) in [5.74, 6) is 0. The van der Waals surface area contributed by atoms with Crippen molar-refractivity contribution in [3.05, 3.63) is 35.0 Å². The van der Waals surface area contributed by atoms with Crippen LogP contribution < -0.4 is 5.32 Å². The molecule has 1 aliphatic carbocycles. The van der Waals surface area contributed by atoms with Gasteiger partial charge in [0.1, 0.15) is 0 Å². The number of pyridine rings is 1. The first-order chi connectivity index (χ1) is 9.35. The average molecular weight is 254 g/mol. The molecule has 0 spiro atoms. The topological polar surface area (TPSA) is 24.9 Å². The van der Waals surface area contributed by atoms with Crippen LogP contribution in [0, 0.1) is 0 Å². The monoisotopic (exact) mass is 254 g/mol. The van der Waals surface area contributed by atoms with Crippen LogP contribution in [0.1, 0.15) is 43.5 Å². The predicted octanol–water partition coefficient (Wildman–Crippen LogP) is 4.11. The van der Waals surface area contributed by atoms with Gasteiger partial charge in [-0.15, -0.1) is 0 Å². The van der Waals surface area contributed by atoms with Gasteiger partial charge < -0.3 is 5.32 Å². The van der Waals surface area contributed by atoms with E-state index in [4.69, 9.17) is 4.98 Å². The fourth-order valence-corrected chi connectivity index (χ4v) is 3.19. The maximum absolute atomic E-state index is 4.98. The third-order valence-electron chi connectivity index (χ3n) is 4.00. The van der Waals surface area contributed by atoms with Gasteiger partial charge in [0, 0.05) is 23.3 Å². The number of nitrogens with zero attached hydrogens (tertiary/aromatic N) is 1. The van der Waals surface area contributed by atoms with Crippen LogP contribution in [0.4, 0.5) is 5.69 Å². The molecular weight excluding hydrogens is 232 g/mol. The Morgan fingerprint density at radius 1 is 1.21 bits per heavy atom. The Bertz CT molecular complexity index is 602. The molecule has 19 heavy (non-hydrogen) atoms. The average Bonchev–Trinajstić information content (AvgIpc) is 2.88. The molecule has 0 amide bonds. The lowest BCUT2D eigenvalue weighted by atomic mass is 10.0. The number of para-hydroxylation sites is 1. The maximum Gasteiger partial charge on any atom is 0.0758 e. The van der Waals surface area contributed by atoms with Crippen LogP contribution in [-0.2, 0) is 19.3 Å². The number of anilines is 1. The van der Waals surface area contributed by atoms with Crippen LogP contribution in [0.3, 0.4) is 0 Å². The Morgan fingerprint density at radius 3 is 2.89 bits per heavy atom. The standard InChI is InChI=1S/C17H22N2/c1-3-7-12-8-5-10-14-16(12)19-15-11-6-9-13(15)17(14)18-4-2/h5,8,10H,3-4,6-7,9,11H2,1-2H3,(H,18,19). The molecule has 3 rings (SSSR count). The summed E-state index contributed by atoms with van der Waals surface area (Å²) in [6, 6.07) is 6.63. The number of nitrogens with one attached hydrogen (secondary N) is 1. The zero-order valence-corrected chi connectivity index (χ0v) is 11.9. The van der Waals surface area contributed by atoms with E-state index in [2.05, 4.69) is 37.4 Å². The Balaban J connectivity index is 2.27. The van der Waals surface area contributed by atoms with E-state index in [-0.39, 0.29) is 0 Å². The third-order valence-corrected chi connectivity index (χ3v) is 4.00. The van der Waals surface area contributed by atoms with E-state index in [0.717, 1.165) is 19.4 Å². The van der Waals surface area contributed by atoms with Crippen molar-refractivity contribution in [1.82, 2.24) is 4.98 Å². The molecule has 2 nitrogen and oxygen atoms in total. The molecular formula is C17H22N2. The van der Waals surface area contributed by atoms with Crippen molar-refractivity contribution < 1.29 is 0 Å². The van der Waals surface area contributed by atoms with Crippen molar-refractivity contribution in [1.29, 1.82) is 0 Å². The summed E-state index contributed by atoms with van der Waals surface area (Å²) in [5.41, 5.74) is 6.75. The zero-order valence-electron chi connectivity index (χ0n) is 11.9. The van der Waals surface area contributed by atoms with Crippen LogP contribution in [0.2, 0.25) is 0 Å². The van der Waals surface area contributed by atoms with Crippen molar-refractivity contribution in [3.63, 3.8) is 0 Å². The van der Waals surface area contributed by atoms with Gasteiger partial charge >= 0.3 is 0 Å². The quantitative estimate of drug-likeness (QED) is 0.888. The van der Waals surface area contributed by atoms with Crippen molar-refractivity contribution >= 4 is 16.6 Å². The van der Waals surface area contributed by atoms with Gasteiger partial charge in [-0.1, -0.05) is 31.5 Å². The van der Waals surface area contributed by atoms with Crippen LogP contribution in [0.15, 0.2) is 18.2 Å². The van der Waals surface area contributed by atoms with Gasteiger partial charge in [-0.2, -0.15) is 0 Å². The molecule has 0 unspecified atom stereocenters. The molecule has 2 heteroatoms. The van der Waals surface area contributed by atoms with E-state index in [1.165, 1.54) is 52.7 Å². The molecule has 1 aliphatic rings. The van der Waals surface area contributed by atoms with E-state index in [9.17, 15) is 0 Å². The minimum absolute atomic E-state index is 0.976. The van der Waals surface area contributed by atoms with Gasteiger partial charge in [0.05, 0.1) is 5.52 Å². The minimum atomic E-state index is 0.976. The molecule has 0 fully saturated rings. The van der Waals surface area contributed by atoms with E-state index in [1.54, 1.807) is 0 Å². The Labute approximate surface area is 115 Å². The molecule has 0 saturated heterocycles. The van der Waals surface area contributed by atoms with Gasteiger partial charge in [-0.3, -0.25) is 4.98 Å². The number of hydrogen-bond donors (Lipinski definition) is 1. The first-order valence-electron chi connectivity index (χ1n) is 7.52. The number of rotatable bonds is 4. The molecule has 2 aromatic rings. The molecule has 0 aliphatic heterocycles. The Morgan fingerprint density at radius 2 is 2.11 bits per heavy atom. The lowest BCUT2D eigenvalue weighted by Gasteiger charge is -2.15. The summed E-state index contributed by atoms with van der Waals surface area (Å²) in [6.07, 6.45) is 5.87. The number of fused-ring (bicyclic) bond motifs is 2. The number of benzene rings is 1. The SMILES string of the molecule is CCCc1cccc2c(NCC)c3c(nc12)CCC3. The van der Waals surface area contributed by atoms with Gasteiger partial charge in [-0.05, 0) is 43.7 Å². The summed E-state index contributed by atoms with van der Waals surface area (Å²) in [6.45, 7) is 5.38. The fourth-order valence-electron chi connectivity index (χ4n) is 3.19. The Kier molecular flexibility index (Phi) is 3.41. The highest BCUT2D eigenvalue weighted by molar-refractivity contribution is 5.95. The predicted molar refractivity (Wildman–Crippen MR) is 81.9 cm³/mol. The highest BCUT2D eigenvalue weighted by Gasteiger charge is 2.20. The second-order valence-electron chi connectivity index (χ2n) is 5.36. The van der Waals surface area contributed by atoms with E-state index in [1.807, 2.05) is 0 Å². The first-order valence-corrected chi connectivity index (χ1v) is 7.52. The normalized spacial score (nSPS) is 13.8. The molecule has 1 aromatic heterocycles. The van der Waals surface area contributed by atoms with Gasteiger partial charge in [0.25, 0.3) is 0 Å². The third kappa shape index (κ3) is 2.09. The van der Waals surface area contributed by atoms with Crippen molar-refractivity contribution in [2.75, 3.05) is 11.9 Å². The summed E-state index contributed by atoms with van der Waals surface area (Å²) >= 11 is 0. The molecule has 0 atom stereocenters. The summed E-state index contributed by atoms with van der Waals surface area (Å²) in [4.78, 5) is 4.98. The molecule has 0 bridgehead atoms. The van der Waals surface area contributed by atoms with Crippen LogP contribution in [0.5, 0.6) is 0 Å². The summed E-state index contributed by atoms with van der Waals surface area (Å²) in [7, 11) is 0. The van der Waals surface area contributed by atoms with Gasteiger partial charge in [-0.25, -0.2) is 0 Å². The lowest BCUT2D eigenvalue weighted by Crippen LogP contribution is -2.04. The van der Waals surface area contributed by atoms with Crippen molar-refractivity contribution in [3.8, 4) is 0 Å². The highest BCUT2D eigenvalue weighted by atomic mass is 14.9. The molecule has 0 saturated carbocycles. The summed E-state index contributed by atoms with van der Waals surface area (Å²) in [5, 5.41) is 4.89. The van der Waals surface area contributed by atoms with Crippen LogP contribution in [-0.4, -0.2) is 11.5 Å². The molecule has 100 valence electrons. The number of hydrogen-bond acceptors (Lipinski definition) is 2. The summed E-state index contributed by atoms with van der Waals surface area (Å²) < 4.78 is 0. The molecule has 1 aromatic carbocycles. The highest BCUT2D eigenvalue weighted by Crippen LogP contribution is 2.35. The first kappa shape index (κ1) is 12.5. The second-order valence-corrected chi connectivity index (χ2v) is 5.36. The maximum atomic E-state index is 4.98. The second kappa shape index (κ2) is 5.20. The Hall–Kier alpha value is -1.57. The van der Waals surface area contributed by atoms with Gasteiger partial charge in [0.15, 0.2) is 0 Å². The zero-order chi connectivity index (χ0) is 13.2. The van der Waals surface area contributed by atoms with E-state index in [0.29, 0.717) is 0 Å². The lowest BCUT2D eigenvalue weighted by molar-refractivity contribution is 0.898. The molecule has 1 heterocycles. The molecule has 0 radical (unpaired) electrons. The number of aryl methyl sites for hydroxylation is 2. The fraction of sp³-hybridized carbons (Fsp3) is 0.471. The van der Waals surface area contributed by atoms with Gasteiger partial charge in [0.2, 0.25) is 0 Å². The molecule has 1 N–H and O–H groups in total. The van der Waals surface area contributed by atoms with E-state index < -0.39 is 0 Å². The number of aromatic nitrogens is 1. The smallest absolute Gasteiger partial charge is 0.0758 e. The van der Waals surface area contributed by atoms with E-state index >= 15 is 0 Å². The van der Waals surface area contributed by atoms with Crippen LogP contribution >= 0.6 is 0 Å². The largest absolute Gasteiger partial charge is 0.384 e. The minimum Gasteiger partial charge on any atom is -0.384 e. The van der Waals surface area contributed by atoms with Crippen LogP contribution in [0.25, 0.3) is 10.9 Å². The van der Waals surface area contributed by atoms with Crippen molar-refractivity contribution in [2.24, 2.45) is 0 Å².